The van der Waals surface area contributed by atoms with Crippen molar-refractivity contribution in [2.24, 2.45) is 0 Å². The molecular weight excluding hydrogens is 350 g/mol. The van der Waals surface area contributed by atoms with Gasteiger partial charge in [0, 0.05) is 25.0 Å². The SMILES string of the molecule is Cc1nc2c(C)ncc(C3CCN(C(=O)C(C)c4ccc(N)cc4)CC3)c2[nH]1. The minimum Gasteiger partial charge on any atom is -0.399 e. The van der Waals surface area contributed by atoms with Crippen molar-refractivity contribution in [1.82, 2.24) is 19.9 Å². The number of aromatic amines is 1. The van der Waals surface area contributed by atoms with Crippen molar-refractivity contribution in [3.63, 3.8) is 0 Å². The zero-order valence-electron chi connectivity index (χ0n) is 16.7. The van der Waals surface area contributed by atoms with Gasteiger partial charge in [0.1, 0.15) is 11.3 Å². The summed E-state index contributed by atoms with van der Waals surface area (Å²) in [5.41, 5.74) is 11.7. The first-order valence-electron chi connectivity index (χ1n) is 9.90. The Morgan fingerprint density at radius 3 is 2.57 bits per heavy atom. The fourth-order valence-corrected chi connectivity index (χ4v) is 4.18. The second-order valence-corrected chi connectivity index (χ2v) is 7.83. The van der Waals surface area contributed by atoms with E-state index in [1.807, 2.05) is 56.1 Å². The topological polar surface area (TPSA) is 87.9 Å². The zero-order chi connectivity index (χ0) is 19.8. The smallest absolute Gasteiger partial charge is 0.229 e. The molecule has 0 radical (unpaired) electrons. The predicted octanol–water partition coefficient (Wildman–Crippen LogP) is 3.67. The largest absolute Gasteiger partial charge is 0.399 e. The van der Waals surface area contributed by atoms with Crippen LogP contribution in [0, 0.1) is 13.8 Å². The molecule has 28 heavy (non-hydrogen) atoms. The van der Waals surface area contributed by atoms with Crippen LogP contribution in [0.1, 0.15) is 54.2 Å². The van der Waals surface area contributed by atoms with Crippen LogP contribution >= 0.6 is 0 Å². The van der Waals surface area contributed by atoms with Gasteiger partial charge >= 0.3 is 0 Å². The van der Waals surface area contributed by atoms with Gasteiger partial charge in [0.15, 0.2) is 0 Å². The molecule has 1 aliphatic rings. The van der Waals surface area contributed by atoms with Crippen molar-refractivity contribution in [1.29, 1.82) is 0 Å². The second-order valence-electron chi connectivity index (χ2n) is 7.83. The second kappa shape index (κ2) is 7.26. The van der Waals surface area contributed by atoms with E-state index < -0.39 is 0 Å². The lowest BCUT2D eigenvalue weighted by molar-refractivity contribution is -0.133. The molecule has 3 aromatic rings. The van der Waals surface area contributed by atoms with Crippen LogP contribution in [0.2, 0.25) is 0 Å². The summed E-state index contributed by atoms with van der Waals surface area (Å²) in [7, 11) is 0. The van der Waals surface area contributed by atoms with Crippen molar-refractivity contribution < 1.29 is 4.79 Å². The predicted molar refractivity (Wildman–Crippen MR) is 111 cm³/mol. The van der Waals surface area contributed by atoms with Crippen LogP contribution in [0.5, 0.6) is 0 Å². The average Bonchev–Trinajstić information content (AvgIpc) is 3.10. The van der Waals surface area contributed by atoms with E-state index >= 15 is 0 Å². The number of pyridine rings is 1. The normalized spacial score (nSPS) is 16.5. The van der Waals surface area contributed by atoms with Gasteiger partial charge in [-0.05, 0) is 62.8 Å². The molecule has 6 heteroatoms. The highest BCUT2D eigenvalue weighted by Crippen LogP contribution is 2.33. The highest BCUT2D eigenvalue weighted by Gasteiger charge is 2.28. The molecule has 1 saturated heterocycles. The number of aromatic nitrogens is 3. The molecule has 1 unspecified atom stereocenters. The molecule has 0 aliphatic carbocycles. The number of fused-ring (bicyclic) bond motifs is 1. The minimum absolute atomic E-state index is 0.153. The van der Waals surface area contributed by atoms with Gasteiger partial charge in [-0.2, -0.15) is 0 Å². The summed E-state index contributed by atoms with van der Waals surface area (Å²) in [6.45, 7) is 7.48. The molecular formula is C22H27N5O. The van der Waals surface area contributed by atoms with E-state index in [0.29, 0.717) is 5.92 Å². The van der Waals surface area contributed by atoms with E-state index in [0.717, 1.165) is 59.7 Å². The molecule has 1 aliphatic heterocycles. The van der Waals surface area contributed by atoms with E-state index in [1.165, 1.54) is 5.56 Å². The van der Waals surface area contributed by atoms with Crippen LogP contribution in [0.3, 0.4) is 0 Å². The number of carbonyl (C=O) groups excluding carboxylic acids is 1. The Bertz CT molecular complexity index is 1000. The number of rotatable bonds is 3. The first kappa shape index (κ1) is 18.5. The standard InChI is InChI=1S/C22H27N5O/c1-13(16-4-6-18(23)7-5-16)22(28)27-10-8-17(9-11-27)19-12-24-14(2)20-21(19)26-15(3)25-20/h4-7,12-13,17H,8-11,23H2,1-3H3,(H,25,26). The lowest BCUT2D eigenvalue weighted by atomic mass is 9.88. The molecule has 146 valence electrons. The number of carbonyl (C=O) groups is 1. The number of amides is 1. The van der Waals surface area contributed by atoms with Crippen LogP contribution in [0.15, 0.2) is 30.5 Å². The molecule has 0 bridgehead atoms. The molecule has 1 fully saturated rings. The molecule has 3 heterocycles. The number of nitrogens with one attached hydrogen (secondary N) is 1. The van der Waals surface area contributed by atoms with E-state index in [2.05, 4.69) is 15.0 Å². The average molecular weight is 377 g/mol. The Balaban J connectivity index is 1.47. The van der Waals surface area contributed by atoms with E-state index in [4.69, 9.17) is 5.73 Å². The number of nitrogens with zero attached hydrogens (tertiary/aromatic N) is 3. The molecule has 4 rings (SSSR count). The summed E-state index contributed by atoms with van der Waals surface area (Å²) in [6.07, 6.45) is 3.87. The molecule has 0 spiro atoms. The Hall–Kier alpha value is -2.89. The van der Waals surface area contributed by atoms with Gasteiger partial charge < -0.3 is 15.6 Å². The maximum atomic E-state index is 13.0. The van der Waals surface area contributed by atoms with Gasteiger partial charge in [-0.1, -0.05) is 12.1 Å². The first-order valence-corrected chi connectivity index (χ1v) is 9.90. The third-order valence-electron chi connectivity index (χ3n) is 5.90. The number of nitrogen functional groups attached to an aromatic ring is 1. The van der Waals surface area contributed by atoms with E-state index in [-0.39, 0.29) is 11.8 Å². The number of hydrogen-bond donors (Lipinski definition) is 2. The Kier molecular flexibility index (Phi) is 4.79. The summed E-state index contributed by atoms with van der Waals surface area (Å²) in [4.78, 5) is 27.5. The fourth-order valence-electron chi connectivity index (χ4n) is 4.18. The first-order chi connectivity index (χ1) is 13.4. The molecule has 2 aromatic heterocycles. The monoisotopic (exact) mass is 377 g/mol. The maximum Gasteiger partial charge on any atom is 0.229 e. The van der Waals surface area contributed by atoms with Gasteiger partial charge in [-0.15, -0.1) is 0 Å². The number of H-pyrrole nitrogens is 1. The number of benzene rings is 1. The van der Waals surface area contributed by atoms with E-state index in [1.54, 1.807) is 0 Å². The third kappa shape index (κ3) is 3.35. The molecule has 1 amide bonds. The number of imidazole rings is 1. The molecule has 1 atom stereocenters. The van der Waals surface area contributed by atoms with Gasteiger partial charge in [0.05, 0.1) is 17.1 Å². The Morgan fingerprint density at radius 1 is 1.21 bits per heavy atom. The maximum absolute atomic E-state index is 13.0. The highest BCUT2D eigenvalue weighted by atomic mass is 16.2. The summed E-state index contributed by atoms with van der Waals surface area (Å²) in [6, 6.07) is 7.60. The molecule has 3 N–H and O–H groups in total. The number of hydrogen-bond acceptors (Lipinski definition) is 4. The molecule has 0 saturated carbocycles. The lowest BCUT2D eigenvalue weighted by Gasteiger charge is -2.34. The van der Waals surface area contributed by atoms with Crippen molar-refractivity contribution in [2.75, 3.05) is 18.8 Å². The summed E-state index contributed by atoms with van der Waals surface area (Å²) < 4.78 is 0. The van der Waals surface area contributed by atoms with Crippen LogP contribution < -0.4 is 5.73 Å². The van der Waals surface area contributed by atoms with Crippen LogP contribution in [0.25, 0.3) is 11.0 Å². The number of nitrogens with two attached hydrogens (primary N) is 1. The fraction of sp³-hybridized carbons (Fsp3) is 0.409. The number of aryl methyl sites for hydroxylation is 2. The minimum atomic E-state index is -0.153. The van der Waals surface area contributed by atoms with Crippen LogP contribution in [0.4, 0.5) is 5.69 Å². The number of likely N-dealkylation sites (tertiary alicyclic amines) is 1. The van der Waals surface area contributed by atoms with Crippen LogP contribution in [-0.2, 0) is 4.79 Å². The zero-order valence-corrected chi connectivity index (χ0v) is 16.7. The van der Waals surface area contributed by atoms with Crippen molar-refractivity contribution in [3.8, 4) is 0 Å². The number of piperidine rings is 1. The summed E-state index contributed by atoms with van der Waals surface area (Å²) in [5, 5.41) is 0. The highest BCUT2D eigenvalue weighted by molar-refractivity contribution is 5.84. The van der Waals surface area contributed by atoms with Crippen LogP contribution in [-0.4, -0.2) is 38.8 Å². The quantitative estimate of drug-likeness (QED) is 0.682. The third-order valence-corrected chi connectivity index (χ3v) is 5.90. The van der Waals surface area contributed by atoms with Gasteiger partial charge in [0.2, 0.25) is 5.91 Å². The number of anilines is 1. The Labute approximate surface area is 165 Å². The molecule has 1 aromatic carbocycles. The van der Waals surface area contributed by atoms with E-state index in [9.17, 15) is 4.79 Å². The van der Waals surface area contributed by atoms with Crippen molar-refractivity contribution >= 4 is 22.6 Å². The van der Waals surface area contributed by atoms with Gasteiger partial charge in [-0.3, -0.25) is 9.78 Å². The molecule has 6 nitrogen and oxygen atoms in total. The Morgan fingerprint density at radius 2 is 1.89 bits per heavy atom. The van der Waals surface area contributed by atoms with Crippen molar-refractivity contribution in [3.05, 3.63) is 53.1 Å². The van der Waals surface area contributed by atoms with Gasteiger partial charge in [-0.25, -0.2) is 4.98 Å². The van der Waals surface area contributed by atoms with Crippen molar-refractivity contribution in [2.45, 2.75) is 45.4 Å². The summed E-state index contributed by atoms with van der Waals surface area (Å²) in [5.74, 6) is 1.34. The van der Waals surface area contributed by atoms with Gasteiger partial charge in [0.25, 0.3) is 0 Å². The summed E-state index contributed by atoms with van der Waals surface area (Å²) >= 11 is 0. The lowest BCUT2D eigenvalue weighted by Crippen LogP contribution is -2.40.